The smallest absolute Gasteiger partial charge is 0.173 e. The first kappa shape index (κ1) is 12.7. The van der Waals surface area contributed by atoms with E-state index in [0.717, 1.165) is 18.1 Å². The van der Waals surface area contributed by atoms with Crippen LogP contribution >= 0.6 is 0 Å². The second-order valence-corrected chi connectivity index (χ2v) is 3.95. The maximum atomic E-state index is 5.00. The van der Waals surface area contributed by atoms with Crippen molar-refractivity contribution in [3.63, 3.8) is 0 Å². The van der Waals surface area contributed by atoms with Crippen LogP contribution in [0.1, 0.15) is 18.8 Å². The van der Waals surface area contributed by atoms with E-state index < -0.39 is 0 Å². The summed E-state index contributed by atoms with van der Waals surface area (Å²) in [6.45, 7) is 3.46. The largest absolute Gasteiger partial charge is 0.383 e. The lowest BCUT2D eigenvalue weighted by atomic mass is 10.3. The van der Waals surface area contributed by atoms with E-state index in [1.807, 2.05) is 37.3 Å². The molecule has 0 aliphatic rings. The van der Waals surface area contributed by atoms with Crippen molar-refractivity contribution in [2.75, 3.05) is 20.3 Å². The van der Waals surface area contributed by atoms with Crippen LogP contribution in [0.15, 0.2) is 30.3 Å². The molecule has 2 aromatic rings. The molecule has 96 valence electrons. The summed E-state index contributed by atoms with van der Waals surface area (Å²) < 4.78 is 6.74. The number of hydrogen-bond donors (Lipinski definition) is 1. The molecular formula is C12H17N5O. The van der Waals surface area contributed by atoms with Crippen molar-refractivity contribution in [3.8, 4) is 5.69 Å². The fourth-order valence-corrected chi connectivity index (χ4v) is 1.69. The number of rotatable bonds is 6. The highest BCUT2D eigenvalue weighted by atomic mass is 16.5. The summed E-state index contributed by atoms with van der Waals surface area (Å²) in [4.78, 5) is 0. The second-order valence-electron chi connectivity index (χ2n) is 3.95. The summed E-state index contributed by atoms with van der Waals surface area (Å²) in [5.74, 6) is 0.789. The van der Waals surface area contributed by atoms with Crippen molar-refractivity contribution >= 4 is 0 Å². The van der Waals surface area contributed by atoms with Gasteiger partial charge in [-0.05, 0) is 29.5 Å². The molecule has 0 amide bonds. The first-order valence-electron chi connectivity index (χ1n) is 5.89. The predicted molar refractivity (Wildman–Crippen MR) is 67.4 cm³/mol. The summed E-state index contributed by atoms with van der Waals surface area (Å²) in [5.41, 5.74) is 0.956. The van der Waals surface area contributed by atoms with Crippen molar-refractivity contribution in [2.45, 2.75) is 13.0 Å². The first-order valence-corrected chi connectivity index (χ1v) is 5.89. The van der Waals surface area contributed by atoms with Gasteiger partial charge in [-0.1, -0.05) is 18.2 Å². The quantitative estimate of drug-likeness (QED) is 0.770. The van der Waals surface area contributed by atoms with Crippen molar-refractivity contribution in [2.24, 2.45) is 0 Å². The van der Waals surface area contributed by atoms with E-state index in [-0.39, 0.29) is 6.04 Å². The highest BCUT2D eigenvalue weighted by Gasteiger charge is 2.14. The first-order chi connectivity index (χ1) is 8.83. The molecule has 0 spiro atoms. The van der Waals surface area contributed by atoms with E-state index in [9.17, 15) is 0 Å². The van der Waals surface area contributed by atoms with Gasteiger partial charge in [0.1, 0.15) is 0 Å². The summed E-state index contributed by atoms with van der Waals surface area (Å²) in [7, 11) is 1.68. The summed E-state index contributed by atoms with van der Waals surface area (Å²) in [5, 5.41) is 15.1. The molecule has 1 heterocycles. The zero-order valence-electron chi connectivity index (χ0n) is 10.6. The Hall–Kier alpha value is -1.79. The Morgan fingerprint density at radius 3 is 2.83 bits per heavy atom. The Morgan fingerprint density at radius 2 is 2.11 bits per heavy atom. The Morgan fingerprint density at radius 1 is 1.33 bits per heavy atom. The number of para-hydroxylation sites is 1. The van der Waals surface area contributed by atoms with Gasteiger partial charge in [-0.3, -0.25) is 0 Å². The molecule has 0 bridgehead atoms. The number of aromatic nitrogens is 4. The molecule has 1 unspecified atom stereocenters. The molecule has 0 saturated heterocycles. The highest BCUT2D eigenvalue weighted by molar-refractivity contribution is 5.30. The number of nitrogens with one attached hydrogen (secondary N) is 1. The number of tetrazole rings is 1. The van der Waals surface area contributed by atoms with Gasteiger partial charge in [0.2, 0.25) is 0 Å². The minimum atomic E-state index is 0.0651. The van der Waals surface area contributed by atoms with E-state index in [2.05, 4.69) is 20.8 Å². The monoisotopic (exact) mass is 247 g/mol. The van der Waals surface area contributed by atoms with Crippen molar-refractivity contribution in [1.82, 2.24) is 25.5 Å². The van der Waals surface area contributed by atoms with Crippen LogP contribution < -0.4 is 5.32 Å². The Bertz CT molecular complexity index is 470. The van der Waals surface area contributed by atoms with Crippen molar-refractivity contribution < 1.29 is 4.74 Å². The normalized spacial score (nSPS) is 12.6. The molecule has 0 aliphatic heterocycles. The molecule has 1 aromatic carbocycles. The van der Waals surface area contributed by atoms with Gasteiger partial charge in [-0.25, -0.2) is 0 Å². The average molecular weight is 247 g/mol. The number of hydrogen-bond acceptors (Lipinski definition) is 5. The molecule has 0 fully saturated rings. The molecule has 2 rings (SSSR count). The van der Waals surface area contributed by atoms with Crippen LogP contribution in [0.3, 0.4) is 0 Å². The van der Waals surface area contributed by atoms with Gasteiger partial charge in [0.25, 0.3) is 0 Å². The van der Waals surface area contributed by atoms with Crippen LogP contribution in [0.25, 0.3) is 5.69 Å². The minimum Gasteiger partial charge on any atom is -0.383 e. The van der Waals surface area contributed by atoms with E-state index in [1.54, 1.807) is 11.8 Å². The predicted octanol–water partition coefficient (Wildman–Crippen LogP) is 0.959. The van der Waals surface area contributed by atoms with E-state index in [4.69, 9.17) is 4.74 Å². The number of ether oxygens (including phenoxy) is 1. The molecule has 1 atom stereocenters. The van der Waals surface area contributed by atoms with Crippen molar-refractivity contribution in [1.29, 1.82) is 0 Å². The fraction of sp³-hybridized carbons (Fsp3) is 0.417. The Kier molecular flexibility index (Phi) is 4.38. The van der Waals surface area contributed by atoms with E-state index >= 15 is 0 Å². The summed E-state index contributed by atoms with van der Waals surface area (Å²) >= 11 is 0. The van der Waals surface area contributed by atoms with Gasteiger partial charge in [-0.15, -0.1) is 5.10 Å². The van der Waals surface area contributed by atoms with Crippen LogP contribution in [-0.2, 0) is 4.74 Å². The molecule has 18 heavy (non-hydrogen) atoms. The van der Waals surface area contributed by atoms with E-state index in [0.29, 0.717) is 6.61 Å². The lowest BCUT2D eigenvalue weighted by Crippen LogP contribution is -2.25. The number of nitrogens with zero attached hydrogens (tertiary/aromatic N) is 4. The SMILES string of the molecule is COCCNC(C)c1nnnn1-c1ccccc1. The lowest BCUT2D eigenvalue weighted by Gasteiger charge is -2.13. The number of benzene rings is 1. The van der Waals surface area contributed by atoms with Crippen LogP contribution in [0.2, 0.25) is 0 Å². The van der Waals surface area contributed by atoms with Gasteiger partial charge in [-0.2, -0.15) is 4.68 Å². The third-order valence-corrected chi connectivity index (χ3v) is 2.64. The molecule has 0 saturated carbocycles. The van der Waals surface area contributed by atoms with Gasteiger partial charge in [0.15, 0.2) is 5.82 Å². The van der Waals surface area contributed by atoms with Gasteiger partial charge in [0.05, 0.1) is 18.3 Å². The summed E-state index contributed by atoms with van der Waals surface area (Å²) in [6, 6.07) is 9.90. The third-order valence-electron chi connectivity index (χ3n) is 2.64. The fourth-order valence-electron chi connectivity index (χ4n) is 1.69. The van der Waals surface area contributed by atoms with Gasteiger partial charge < -0.3 is 10.1 Å². The van der Waals surface area contributed by atoms with Gasteiger partial charge >= 0.3 is 0 Å². The molecule has 1 N–H and O–H groups in total. The highest BCUT2D eigenvalue weighted by Crippen LogP contribution is 2.12. The summed E-state index contributed by atoms with van der Waals surface area (Å²) in [6.07, 6.45) is 0. The van der Waals surface area contributed by atoms with E-state index in [1.165, 1.54) is 0 Å². The second kappa shape index (κ2) is 6.23. The zero-order chi connectivity index (χ0) is 12.8. The minimum absolute atomic E-state index is 0.0651. The van der Waals surface area contributed by atoms with Crippen LogP contribution in [0.5, 0.6) is 0 Å². The molecule has 0 aliphatic carbocycles. The standard InChI is InChI=1S/C12H17N5O/c1-10(13-8-9-18-2)12-14-15-16-17(12)11-6-4-3-5-7-11/h3-7,10,13H,8-9H2,1-2H3. The number of methoxy groups -OCH3 is 1. The molecule has 0 radical (unpaired) electrons. The van der Waals surface area contributed by atoms with Crippen molar-refractivity contribution in [3.05, 3.63) is 36.2 Å². The van der Waals surface area contributed by atoms with Gasteiger partial charge in [0, 0.05) is 13.7 Å². The van der Waals surface area contributed by atoms with Crippen LogP contribution in [0.4, 0.5) is 0 Å². The molecule has 6 heteroatoms. The van der Waals surface area contributed by atoms with Crippen LogP contribution in [0, 0.1) is 0 Å². The molecule has 6 nitrogen and oxygen atoms in total. The average Bonchev–Trinajstić information content (AvgIpc) is 2.89. The lowest BCUT2D eigenvalue weighted by molar-refractivity contribution is 0.196. The van der Waals surface area contributed by atoms with Crippen LogP contribution in [-0.4, -0.2) is 40.5 Å². The Balaban J connectivity index is 2.12. The topological polar surface area (TPSA) is 64.9 Å². The Labute approximate surface area is 106 Å². The third kappa shape index (κ3) is 2.91. The zero-order valence-corrected chi connectivity index (χ0v) is 10.6. The maximum Gasteiger partial charge on any atom is 0.173 e. The molecular weight excluding hydrogens is 230 g/mol. The maximum absolute atomic E-state index is 5.00. The molecule has 1 aromatic heterocycles.